The van der Waals surface area contributed by atoms with Crippen LogP contribution in [0, 0.1) is 0 Å². The molecule has 2 aromatic rings. The molecule has 0 atom stereocenters. The smallest absolute Gasteiger partial charge is 0.208 e. The third-order valence-corrected chi connectivity index (χ3v) is 9.93. The first-order valence-corrected chi connectivity index (χ1v) is 14.9. The monoisotopic (exact) mass is 478 g/mol. The highest BCUT2D eigenvalue weighted by molar-refractivity contribution is 7.90. The predicted molar refractivity (Wildman–Crippen MR) is 128 cm³/mol. The summed E-state index contributed by atoms with van der Waals surface area (Å²) in [5.74, 6) is 0. The molecule has 2 saturated carbocycles. The van der Waals surface area contributed by atoms with E-state index >= 15 is 0 Å². The van der Waals surface area contributed by atoms with Crippen LogP contribution in [-0.4, -0.2) is 28.9 Å². The van der Waals surface area contributed by atoms with Crippen molar-refractivity contribution in [3.63, 3.8) is 0 Å². The van der Waals surface area contributed by atoms with Crippen molar-refractivity contribution in [3.05, 3.63) is 36.4 Å². The molecule has 0 bridgehead atoms. The fourth-order valence-electron chi connectivity index (χ4n) is 5.08. The Kier molecular flexibility index (Phi) is 7.54. The Morgan fingerprint density at radius 3 is 1.22 bits per heavy atom. The van der Waals surface area contributed by atoms with Crippen LogP contribution in [0.15, 0.2) is 46.2 Å². The minimum atomic E-state index is -3.76. The maximum Gasteiger partial charge on any atom is 0.241 e. The minimum absolute atomic E-state index is 0.0680. The van der Waals surface area contributed by atoms with E-state index in [0.717, 1.165) is 77.0 Å². The fraction of sp³-hybridized carbons (Fsp3) is 0.583. The molecule has 0 radical (unpaired) electrons. The second-order valence-corrected chi connectivity index (χ2v) is 12.6. The molecule has 2 N–H and O–H groups in total. The molecule has 0 spiro atoms. The molecule has 8 heteroatoms. The molecule has 0 saturated heterocycles. The van der Waals surface area contributed by atoms with Crippen LogP contribution < -0.4 is 9.44 Å². The van der Waals surface area contributed by atoms with Crippen LogP contribution in [-0.2, 0) is 20.0 Å². The lowest BCUT2D eigenvalue weighted by Gasteiger charge is -2.19. The molecule has 32 heavy (non-hydrogen) atoms. The third kappa shape index (κ3) is 5.53. The van der Waals surface area contributed by atoms with E-state index in [9.17, 15) is 16.8 Å². The van der Waals surface area contributed by atoms with Gasteiger partial charge in [0.2, 0.25) is 20.0 Å². The third-order valence-electron chi connectivity index (χ3n) is 6.78. The first-order chi connectivity index (χ1) is 15.4. The number of benzene rings is 2. The van der Waals surface area contributed by atoms with Gasteiger partial charge in [0, 0.05) is 22.9 Å². The van der Waals surface area contributed by atoms with Gasteiger partial charge in [-0.2, -0.15) is 0 Å². The average molecular weight is 479 g/mol. The van der Waals surface area contributed by atoms with Crippen LogP contribution >= 0.6 is 0 Å². The molecule has 0 aliphatic heterocycles. The van der Waals surface area contributed by atoms with Gasteiger partial charge in [-0.05, 0) is 37.8 Å². The Bertz CT molecular complexity index is 1040. The highest BCUT2D eigenvalue weighted by Crippen LogP contribution is 2.30. The number of hydrogen-bond acceptors (Lipinski definition) is 4. The van der Waals surface area contributed by atoms with Crippen molar-refractivity contribution < 1.29 is 16.8 Å². The van der Waals surface area contributed by atoms with Gasteiger partial charge in [0.25, 0.3) is 0 Å². The summed E-state index contributed by atoms with van der Waals surface area (Å²) in [6, 6.07) is 9.66. The zero-order valence-electron chi connectivity index (χ0n) is 18.6. The predicted octanol–water partition coefficient (Wildman–Crippen LogP) is 4.84. The molecule has 2 aliphatic rings. The zero-order chi connectivity index (χ0) is 22.6. The summed E-state index contributed by atoms with van der Waals surface area (Å²) in [5.41, 5.74) is 0. The largest absolute Gasteiger partial charge is 0.241 e. The summed E-state index contributed by atoms with van der Waals surface area (Å²) in [7, 11) is -7.52. The second-order valence-electron chi connectivity index (χ2n) is 9.23. The summed E-state index contributed by atoms with van der Waals surface area (Å²) in [6.07, 6.45) is 12.0. The topological polar surface area (TPSA) is 92.3 Å². The summed E-state index contributed by atoms with van der Waals surface area (Å²) >= 11 is 0. The van der Waals surface area contributed by atoms with Crippen molar-refractivity contribution in [1.82, 2.24) is 9.44 Å². The molecular formula is C24H34N2O4S2. The van der Waals surface area contributed by atoms with Crippen molar-refractivity contribution in [2.75, 3.05) is 0 Å². The molecule has 6 nitrogen and oxygen atoms in total. The minimum Gasteiger partial charge on any atom is -0.208 e. The Morgan fingerprint density at radius 1 is 0.531 bits per heavy atom. The summed E-state index contributed by atoms with van der Waals surface area (Å²) in [6.45, 7) is 0. The molecule has 0 heterocycles. The molecule has 2 aliphatic carbocycles. The van der Waals surface area contributed by atoms with Crippen molar-refractivity contribution >= 4 is 30.8 Å². The summed E-state index contributed by atoms with van der Waals surface area (Å²) in [5, 5.41) is 0.884. The standard InChI is InChI=1S/C24H34N2O4S2/c27-31(28,25-19-11-5-1-2-6-12-19)23-17-9-16-22-21(23)15-10-18-24(22)32(29,30)26-20-13-7-3-4-8-14-20/h9-10,15-20,25-26H,1-8,11-14H2. The van der Waals surface area contributed by atoms with Gasteiger partial charge in [0.05, 0.1) is 9.79 Å². The van der Waals surface area contributed by atoms with E-state index in [1.165, 1.54) is 0 Å². The maximum atomic E-state index is 13.3. The molecule has 0 amide bonds. The first kappa shape index (κ1) is 23.7. The molecule has 2 fully saturated rings. The Hall–Kier alpha value is -1.48. The average Bonchev–Trinajstić information content (AvgIpc) is 3.17. The van der Waals surface area contributed by atoms with Gasteiger partial charge in [-0.25, -0.2) is 26.3 Å². The molecule has 2 aromatic carbocycles. The highest BCUT2D eigenvalue weighted by atomic mass is 32.2. The van der Waals surface area contributed by atoms with Crippen LogP contribution in [0.4, 0.5) is 0 Å². The quantitative estimate of drug-likeness (QED) is 0.581. The van der Waals surface area contributed by atoms with Gasteiger partial charge in [0.1, 0.15) is 0 Å². The number of rotatable bonds is 6. The second kappa shape index (κ2) is 10.2. The van der Waals surface area contributed by atoms with Crippen LogP contribution in [0.1, 0.15) is 77.0 Å². The molecule has 176 valence electrons. The van der Waals surface area contributed by atoms with E-state index in [2.05, 4.69) is 9.44 Å². The van der Waals surface area contributed by atoms with Crippen molar-refractivity contribution in [3.8, 4) is 0 Å². The van der Waals surface area contributed by atoms with Gasteiger partial charge in [-0.1, -0.05) is 75.6 Å². The molecule has 4 rings (SSSR count). The van der Waals surface area contributed by atoms with Gasteiger partial charge >= 0.3 is 0 Å². The Morgan fingerprint density at radius 2 is 0.875 bits per heavy atom. The molecule has 0 aromatic heterocycles. The lowest BCUT2D eigenvalue weighted by Crippen LogP contribution is -2.35. The van der Waals surface area contributed by atoms with Gasteiger partial charge in [-0.15, -0.1) is 0 Å². The van der Waals surface area contributed by atoms with Crippen molar-refractivity contribution in [2.24, 2.45) is 0 Å². The van der Waals surface area contributed by atoms with Crippen LogP contribution in [0.25, 0.3) is 10.8 Å². The molecule has 0 unspecified atom stereocenters. The maximum absolute atomic E-state index is 13.3. The lowest BCUT2D eigenvalue weighted by atomic mass is 10.1. The fourth-order valence-corrected chi connectivity index (χ4v) is 8.13. The zero-order valence-corrected chi connectivity index (χ0v) is 20.2. The van der Waals surface area contributed by atoms with Crippen LogP contribution in [0.5, 0.6) is 0 Å². The first-order valence-electron chi connectivity index (χ1n) is 11.9. The highest BCUT2D eigenvalue weighted by Gasteiger charge is 2.26. The summed E-state index contributed by atoms with van der Waals surface area (Å²) < 4.78 is 58.8. The Labute approximate surface area is 192 Å². The Balaban J connectivity index is 1.66. The number of fused-ring (bicyclic) bond motifs is 1. The van der Waals surface area contributed by atoms with E-state index in [1.54, 1.807) is 36.4 Å². The van der Waals surface area contributed by atoms with Crippen LogP contribution in [0.2, 0.25) is 0 Å². The summed E-state index contributed by atoms with van der Waals surface area (Å²) in [4.78, 5) is 0.288. The van der Waals surface area contributed by atoms with Crippen molar-refractivity contribution in [2.45, 2.75) is 98.9 Å². The molecular weight excluding hydrogens is 444 g/mol. The van der Waals surface area contributed by atoms with Gasteiger partial charge in [0.15, 0.2) is 0 Å². The van der Waals surface area contributed by atoms with Crippen molar-refractivity contribution in [1.29, 1.82) is 0 Å². The normalized spacial score (nSPS) is 20.1. The number of hydrogen-bond donors (Lipinski definition) is 2. The van der Waals surface area contributed by atoms with E-state index in [4.69, 9.17) is 0 Å². The van der Waals surface area contributed by atoms with E-state index < -0.39 is 20.0 Å². The van der Waals surface area contributed by atoms with Crippen LogP contribution in [0.3, 0.4) is 0 Å². The lowest BCUT2D eigenvalue weighted by molar-refractivity contribution is 0.509. The van der Waals surface area contributed by atoms with E-state index in [1.807, 2.05) is 0 Å². The number of sulfonamides is 2. The number of nitrogens with one attached hydrogen (secondary N) is 2. The van der Waals surface area contributed by atoms with E-state index in [-0.39, 0.29) is 21.9 Å². The SMILES string of the molecule is O=S(=O)(NC1CCCCCC1)c1cccc2c(S(=O)(=O)NC3CCCCCC3)cccc12. The van der Waals surface area contributed by atoms with Gasteiger partial charge in [-0.3, -0.25) is 0 Å². The van der Waals surface area contributed by atoms with E-state index in [0.29, 0.717) is 10.8 Å². The van der Waals surface area contributed by atoms with Gasteiger partial charge < -0.3 is 0 Å².